The molecule has 0 aliphatic rings. The van der Waals surface area contributed by atoms with E-state index in [1.54, 1.807) is 18.4 Å². The van der Waals surface area contributed by atoms with Crippen molar-refractivity contribution in [2.75, 3.05) is 7.11 Å². The van der Waals surface area contributed by atoms with Crippen LogP contribution in [-0.2, 0) is 0 Å². The predicted molar refractivity (Wildman–Crippen MR) is 74.8 cm³/mol. The average Bonchev–Trinajstić information content (AvgIpc) is 2.74. The van der Waals surface area contributed by atoms with E-state index in [0.29, 0.717) is 0 Å². The number of benzene rings is 1. The molecule has 1 unspecified atom stereocenters. The molecule has 4 heteroatoms. The summed E-state index contributed by atoms with van der Waals surface area (Å²) in [5.41, 5.74) is 2.11. The Balaban J connectivity index is 2.35. The van der Waals surface area contributed by atoms with E-state index in [-0.39, 0.29) is 5.38 Å². The van der Waals surface area contributed by atoms with Crippen LogP contribution in [0.4, 0.5) is 0 Å². The Kier molecular flexibility index (Phi) is 3.97. The van der Waals surface area contributed by atoms with Crippen LogP contribution in [0.25, 0.3) is 0 Å². The molecule has 0 saturated carbocycles. The number of halogens is 2. The van der Waals surface area contributed by atoms with E-state index in [1.165, 1.54) is 0 Å². The molecule has 0 aliphatic carbocycles. The number of methoxy groups -OCH3 is 1. The van der Waals surface area contributed by atoms with Crippen LogP contribution in [0.15, 0.2) is 29.6 Å². The first-order valence-electron chi connectivity index (χ1n) is 5.15. The fourth-order valence-electron chi connectivity index (χ4n) is 1.70. The van der Waals surface area contributed by atoms with Crippen LogP contribution in [0.2, 0.25) is 5.02 Å². The zero-order valence-electron chi connectivity index (χ0n) is 9.54. The van der Waals surface area contributed by atoms with Gasteiger partial charge in [-0.05, 0) is 35.6 Å². The smallest absolute Gasteiger partial charge is 0.121 e. The number of thiophene rings is 1. The maximum Gasteiger partial charge on any atom is 0.121 e. The van der Waals surface area contributed by atoms with E-state index < -0.39 is 0 Å². The molecule has 17 heavy (non-hydrogen) atoms. The first-order valence-corrected chi connectivity index (χ1v) is 6.84. The molecule has 0 fully saturated rings. The van der Waals surface area contributed by atoms with Gasteiger partial charge in [0, 0.05) is 4.88 Å². The second-order valence-corrected chi connectivity index (χ2v) is 5.52. The van der Waals surface area contributed by atoms with Crippen LogP contribution < -0.4 is 4.74 Å². The number of alkyl halides is 1. The Bertz CT molecular complexity index is 522. The van der Waals surface area contributed by atoms with Gasteiger partial charge in [0.2, 0.25) is 0 Å². The minimum Gasteiger partial charge on any atom is -0.496 e. The van der Waals surface area contributed by atoms with Crippen molar-refractivity contribution in [1.82, 2.24) is 0 Å². The Morgan fingerprint density at radius 1 is 1.29 bits per heavy atom. The summed E-state index contributed by atoms with van der Waals surface area (Å²) < 4.78 is 5.23. The molecule has 1 heterocycles. The molecular weight excluding hydrogens is 275 g/mol. The highest BCUT2D eigenvalue weighted by atomic mass is 35.5. The molecule has 0 radical (unpaired) electrons. The van der Waals surface area contributed by atoms with E-state index in [9.17, 15) is 0 Å². The van der Waals surface area contributed by atoms with Crippen LogP contribution in [0, 0.1) is 6.92 Å². The van der Waals surface area contributed by atoms with Crippen LogP contribution in [0.1, 0.15) is 21.4 Å². The number of rotatable bonds is 3. The monoisotopic (exact) mass is 286 g/mol. The Morgan fingerprint density at radius 2 is 2.06 bits per heavy atom. The molecule has 2 rings (SSSR count). The molecule has 1 aromatic carbocycles. The summed E-state index contributed by atoms with van der Waals surface area (Å²) >= 11 is 14.1. The summed E-state index contributed by atoms with van der Waals surface area (Å²) in [6.45, 7) is 2.00. The highest BCUT2D eigenvalue weighted by molar-refractivity contribution is 7.11. The number of hydrogen-bond donors (Lipinski definition) is 0. The van der Waals surface area contributed by atoms with E-state index in [4.69, 9.17) is 27.9 Å². The van der Waals surface area contributed by atoms with Crippen molar-refractivity contribution in [3.05, 3.63) is 50.7 Å². The van der Waals surface area contributed by atoms with Crippen molar-refractivity contribution in [2.45, 2.75) is 12.3 Å². The van der Waals surface area contributed by atoms with Gasteiger partial charge in [-0.3, -0.25) is 0 Å². The van der Waals surface area contributed by atoms with Gasteiger partial charge in [0.05, 0.1) is 17.5 Å². The first-order chi connectivity index (χ1) is 8.13. The minimum atomic E-state index is -0.202. The van der Waals surface area contributed by atoms with Gasteiger partial charge in [-0.1, -0.05) is 23.7 Å². The van der Waals surface area contributed by atoms with Crippen molar-refractivity contribution >= 4 is 34.5 Å². The maximum atomic E-state index is 6.43. The summed E-state index contributed by atoms with van der Waals surface area (Å²) in [6.07, 6.45) is 0. The highest BCUT2D eigenvalue weighted by Crippen LogP contribution is 2.38. The lowest BCUT2D eigenvalue weighted by atomic mass is 10.1. The van der Waals surface area contributed by atoms with Crippen molar-refractivity contribution in [3.63, 3.8) is 0 Å². The average molecular weight is 287 g/mol. The summed E-state index contributed by atoms with van der Waals surface area (Å²) in [4.78, 5) is 0.984. The van der Waals surface area contributed by atoms with Crippen molar-refractivity contribution in [1.29, 1.82) is 0 Å². The van der Waals surface area contributed by atoms with E-state index in [0.717, 1.165) is 26.8 Å². The minimum absolute atomic E-state index is 0.202. The second kappa shape index (κ2) is 5.30. The lowest BCUT2D eigenvalue weighted by molar-refractivity contribution is 0.411. The van der Waals surface area contributed by atoms with Gasteiger partial charge in [0.25, 0.3) is 0 Å². The van der Waals surface area contributed by atoms with E-state index in [2.05, 4.69) is 0 Å². The summed E-state index contributed by atoms with van der Waals surface area (Å²) in [5, 5.41) is 2.47. The van der Waals surface area contributed by atoms with Gasteiger partial charge in [0.15, 0.2) is 0 Å². The third-order valence-corrected chi connectivity index (χ3v) is 4.61. The van der Waals surface area contributed by atoms with Crippen LogP contribution in [0.3, 0.4) is 0 Å². The normalized spacial score (nSPS) is 12.5. The van der Waals surface area contributed by atoms with Gasteiger partial charge in [0.1, 0.15) is 5.75 Å². The molecule has 0 N–H and O–H groups in total. The Labute approximate surface area is 115 Å². The van der Waals surface area contributed by atoms with Crippen molar-refractivity contribution in [3.8, 4) is 5.75 Å². The lowest BCUT2D eigenvalue weighted by Gasteiger charge is -2.11. The third-order valence-electron chi connectivity index (χ3n) is 2.59. The molecule has 1 aromatic heterocycles. The molecular formula is C13H12Cl2OS. The zero-order valence-corrected chi connectivity index (χ0v) is 11.9. The van der Waals surface area contributed by atoms with Gasteiger partial charge in [-0.25, -0.2) is 0 Å². The third kappa shape index (κ3) is 2.59. The molecule has 1 nitrogen and oxygen atoms in total. The molecule has 0 spiro atoms. The van der Waals surface area contributed by atoms with Crippen molar-refractivity contribution < 1.29 is 4.74 Å². The maximum absolute atomic E-state index is 6.43. The fraction of sp³-hybridized carbons (Fsp3) is 0.231. The Hall–Kier alpha value is -0.700. The van der Waals surface area contributed by atoms with E-state index in [1.807, 2.05) is 36.6 Å². The topological polar surface area (TPSA) is 9.23 Å². The molecule has 0 aliphatic heterocycles. The standard InChI is InChI=1S/C13H12Cl2OS/c1-8-7-9(3-4-11(8)16-2)12(15)13-10(14)5-6-17-13/h3-7,12H,1-2H3. The summed E-state index contributed by atoms with van der Waals surface area (Å²) in [5.74, 6) is 0.870. The quantitative estimate of drug-likeness (QED) is 0.718. The first kappa shape index (κ1) is 12.7. The molecule has 2 aromatic rings. The highest BCUT2D eigenvalue weighted by Gasteiger charge is 2.16. The summed E-state index contributed by atoms with van der Waals surface area (Å²) in [6, 6.07) is 7.81. The second-order valence-electron chi connectivity index (χ2n) is 3.72. The SMILES string of the molecule is COc1ccc(C(Cl)c2sccc2Cl)cc1C. The fourth-order valence-corrected chi connectivity index (χ4v) is 3.33. The van der Waals surface area contributed by atoms with Crippen molar-refractivity contribution in [2.24, 2.45) is 0 Å². The lowest BCUT2D eigenvalue weighted by Crippen LogP contribution is -1.94. The largest absolute Gasteiger partial charge is 0.496 e. The predicted octanol–water partition coefficient (Wildman–Crippen LogP) is 5.05. The zero-order chi connectivity index (χ0) is 12.4. The summed E-state index contributed by atoms with van der Waals surface area (Å²) in [7, 11) is 1.66. The molecule has 0 saturated heterocycles. The number of ether oxygens (including phenoxy) is 1. The van der Waals surface area contributed by atoms with Crippen LogP contribution in [0.5, 0.6) is 5.75 Å². The van der Waals surface area contributed by atoms with Crippen LogP contribution >= 0.6 is 34.5 Å². The van der Waals surface area contributed by atoms with Gasteiger partial charge in [-0.15, -0.1) is 22.9 Å². The molecule has 1 atom stereocenters. The van der Waals surface area contributed by atoms with Gasteiger partial charge in [-0.2, -0.15) is 0 Å². The molecule has 90 valence electrons. The molecule has 0 amide bonds. The number of aryl methyl sites for hydroxylation is 1. The van der Waals surface area contributed by atoms with Crippen LogP contribution in [-0.4, -0.2) is 7.11 Å². The van der Waals surface area contributed by atoms with Gasteiger partial charge >= 0.3 is 0 Å². The Morgan fingerprint density at radius 3 is 2.59 bits per heavy atom. The van der Waals surface area contributed by atoms with Gasteiger partial charge < -0.3 is 4.74 Å². The number of hydrogen-bond acceptors (Lipinski definition) is 2. The van der Waals surface area contributed by atoms with E-state index >= 15 is 0 Å². The molecule has 0 bridgehead atoms.